The van der Waals surface area contributed by atoms with Crippen LogP contribution in [0.3, 0.4) is 0 Å². The second-order valence-corrected chi connectivity index (χ2v) is 4.93. The summed E-state index contributed by atoms with van der Waals surface area (Å²) in [5, 5.41) is 0.946. The molecule has 0 radical (unpaired) electrons. The first-order chi connectivity index (χ1) is 9.69. The minimum atomic E-state index is -0.169. The van der Waals surface area contributed by atoms with Crippen LogP contribution < -0.4 is 0 Å². The molecule has 20 heavy (non-hydrogen) atoms. The maximum Gasteiger partial charge on any atom is 0.263 e. The van der Waals surface area contributed by atoms with Crippen molar-refractivity contribution in [3.8, 4) is 0 Å². The maximum absolute atomic E-state index is 12.5. The van der Waals surface area contributed by atoms with Gasteiger partial charge < -0.3 is 8.98 Å². The summed E-state index contributed by atoms with van der Waals surface area (Å²) in [6.07, 6.45) is 4.43. The molecule has 2 heterocycles. The van der Waals surface area contributed by atoms with E-state index in [1.165, 1.54) is 0 Å². The Bertz CT molecular complexity index is 768. The number of rotatable bonds is 4. The molecule has 0 fully saturated rings. The predicted molar refractivity (Wildman–Crippen MR) is 76.9 cm³/mol. The average Bonchev–Trinajstić information content (AvgIpc) is 3.04. The standard InChI is InChI=1S/C16H16N2O2/c1-3-7-18-8-6-17-16(18)15(19)14-10-12-9-11(2)4-5-13(12)20-14/h4-6,8-10H,3,7H2,1-2H3. The first-order valence-corrected chi connectivity index (χ1v) is 6.75. The number of hydrogen-bond donors (Lipinski definition) is 0. The lowest BCUT2D eigenvalue weighted by atomic mass is 10.2. The number of carbonyl (C=O) groups is 1. The summed E-state index contributed by atoms with van der Waals surface area (Å²) in [4.78, 5) is 16.6. The summed E-state index contributed by atoms with van der Waals surface area (Å²) in [5.41, 5.74) is 1.87. The highest BCUT2D eigenvalue weighted by molar-refractivity contribution is 6.06. The van der Waals surface area contributed by atoms with E-state index in [1.54, 1.807) is 12.3 Å². The Morgan fingerprint density at radius 2 is 2.20 bits per heavy atom. The van der Waals surface area contributed by atoms with Crippen LogP contribution in [0.25, 0.3) is 11.0 Å². The molecule has 4 heteroatoms. The Hall–Kier alpha value is -2.36. The molecule has 3 rings (SSSR count). The monoisotopic (exact) mass is 268 g/mol. The van der Waals surface area contributed by atoms with Crippen molar-refractivity contribution in [1.82, 2.24) is 9.55 Å². The van der Waals surface area contributed by atoms with Gasteiger partial charge >= 0.3 is 0 Å². The van der Waals surface area contributed by atoms with Crippen LogP contribution in [0.1, 0.15) is 35.3 Å². The third-order valence-corrected chi connectivity index (χ3v) is 3.28. The molecular weight excluding hydrogens is 252 g/mol. The van der Waals surface area contributed by atoms with E-state index < -0.39 is 0 Å². The summed E-state index contributed by atoms with van der Waals surface area (Å²) >= 11 is 0. The van der Waals surface area contributed by atoms with Gasteiger partial charge in [0.25, 0.3) is 5.78 Å². The molecule has 1 aromatic carbocycles. The average molecular weight is 268 g/mol. The van der Waals surface area contributed by atoms with E-state index in [2.05, 4.69) is 11.9 Å². The first-order valence-electron chi connectivity index (χ1n) is 6.75. The molecular formula is C16H16N2O2. The highest BCUT2D eigenvalue weighted by atomic mass is 16.3. The Kier molecular flexibility index (Phi) is 3.14. The minimum absolute atomic E-state index is 0.169. The van der Waals surface area contributed by atoms with Gasteiger partial charge in [-0.25, -0.2) is 4.98 Å². The van der Waals surface area contributed by atoms with Crippen LogP contribution in [-0.4, -0.2) is 15.3 Å². The molecule has 0 bridgehead atoms. The minimum Gasteiger partial charge on any atom is -0.452 e. The largest absolute Gasteiger partial charge is 0.452 e. The normalized spacial score (nSPS) is 11.1. The zero-order valence-corrected chi connectivity index (χ0v) is 11.6. The van der Waals surface area contributed by atoms with Crippen LogP contribution in [0, 0.1) is 6.92 Å². The number of imidazole rings is 1. The number of hydrogen-bond acceptors (Lipinski definition) is 3. The van der Waals surface area contributed by atoms with Gasteiger partial charge in [-0.1, -0.05) is 18.6 Å². The second kappa shape index (κ2) is 4.96. The van der Waals surface area contributed by atoms with Crippen LogP contribution in [0.5, 0.6) is 0 Å². The highest BCUT2D eigenvalue weighted by Crippen LogP contribution is 2.22. The lowest BCUT2D eigenvalue weighted by Crippen LogP contribution is -2.10. The van der Waals surface area contributed by atoms with E-state index in [0.29, 0.717) is 11.6 Å². The van der Waals surface area contributed by atoms with Crippen molar-refractivity contribution in [1.29, 1.82) is 0 Å². The molecule has 0 spiro atoms. The van der Waals surface area contributed by atoms with E-state index in [4.69, 9.17) is 4.42 Å². The van der Waals surface area contributed by atoms with E-state index in [0.717, 1.165) is 29.5 Å². The smallest absolute Gasteiger partial charge is 0.263 e. The zero-order valence-electron chi connectivity index (χ0n) is 11.6. The zero-order chi connectivity index (χ0) is 14.1. The molecule has 0 saturated carbocycles. The SMILES string of the molecule is CCCn1ccnc1C(=O)c1cc2cc(C)ccc2o1. The van der Waals surface area contributed by atoms with Crippen molar-refractivity contribution < 1.29 is 9.21 Å². The number of carbonyl (C=O) groups excluding carboxylic acids is 1. The molecule has 0 aliphatic heterocycles. The van der Waals surface area contributed by atoms with Crippen molar-refractivity contribution in [2.24, 2.45) is 0 Å². The molecule has 0 amide bonds. The molecule has 2 aromatic heterocycles. The summed E-state index contributed by atoms with van der Waals surface area (Å²) in [5.74, 6) is 0.606. The summed E-state index contributed by atoms with van der Waals surface area (Å²) in [7, 11) is 0. The number of fused-ring (bicyclic) bond motifs is 1. The fraction of sp³-hybridized carbons (Fsp3) is 0.250. The summed E-state index contributed by atoms with van der Waals surface area (Å²) in [6.45, 7) is 4.86. The van der Waals surface area contributed by atoms with Gasteiger partial charge in [0.1, 0.15) is 5.58 Å². The first kappa shape index (κ1) is 12.7. The number of ketones is 1. The van der Waals surface area contributed by atoms with Gasteiger partial charge in [0.15, 0.2) is 11.6 Å². The molecule has 0 unspecified atom stereocenters. The molecule has 4 nitrogen and oxygen atoms in total. The van der Waals surface area contributed by atoms with E-state index >= 15 is 0 Å². The Morgan fingerprint density at radius 1 is 1.35 bits per heavy atom. The van der Waals surface area contributed by atoms with E-state index in [9.17, 15) is 4.79 Å². The van der Waals surface area contributed by atoms with Gasteiger partial charge in [0.2, 0.25) is 0 Å². The fourth-order valence-corrected chi connectivity index (χ4v) is 2.32. The molecule has 0 N–H and O–H groups in total. The van der Waals surface area contributed by atoms with Crippen molar-refractivity contribution >= 4 is 16.8 Å². The van der Waals surface area contributed by atoms with Crippen molar-refractivity contribution in [2.75, 3.05) is 0 Å². The quantitative estimate of drug-likeness (QED) is 0.679. The number of benzene rings is 1. The van der Waals surface area contributed by atoms with E-state index in [-0.39, 0.29) is 5.78 Å². The van der Waals surface area contributed by atoms with Crippen molar-refractivity contribution in [3.63, 3.8) is 0 Å². The molecule has 102 valence electrons. The van der Waals surface area contributed by atoms with Gasteiger partial charge in [-0.15, -0.1) is 0 Å². The van der Waals surface area contributed by atoms with Gasteiger partial charge in [-0.05, 0) is 31.5 Å². The molecule has 0 aliphatic carbocycles. The van der Waals surface area contributed by atoms with Crippen molar-refractivity contribution in [2.45, 2.75) is 26.8 Å². The Morgan fingerprint density at radius 3 is 3.00 bits per heavy atom. The number of aromatic nitrogens is 2. The van der Waals surface area contributed by atoms with Gasteiger partial charge in [0.05, 0.1) is 0 Å². The van der Waals surface area contributed by atoms with Crippen LogP contribution >= 0.6 is 0 Å². The number of nitrogens with zero attached hydrogens (tertiary/aromatic N) is 2. The molecule has 0 aliphatic rings. The molecule has 0 saturated heterocycles. The Labute approximate surface area is 117 Å². The van der Waals surface area contributed by atoms with Crippen LogP contribution in [0.15, 0.2) is 41.1 Å². The van der Waals surface area contributed by atoms with Crippen LogP contribution in [-0.2, 0) is 6.54 Å². The summed E-state index contributed by atoms with van der Waals surface area (Å²) < 4.78 is 7.50. The third kappa shape index (κ3) is 2.13. The lowest BCUT2D eigenvalue weighted by Gasteiger charge is -2.03. The van der Waals surface area contributed by atoms with Gasteiger partial charge in [-0.3, -0.25) is 4.79 Å². The second-order valence-electron chi connectivity index (χ2n) is 4.93. The fourth-order valence-electron chi connectivity index (χ4n) is 2.32. The lowest BCUT2D eigenvalue weighted by molar-refractivity contribution is 0.0997. The predicted octanol–water partition coefficient (Wildman–Crippen LogP) is 3.58. The van der Waals surface area contributed by atoms with Crippen LogP contribution in [0.2, 0.25) is 0 Å². The van der Waals surface area contributed by atoms with Crippen molar-refractivity contribution in [3.05, 3.63) is 53.8 Å². The summed E-state index contributed by atoms with van der Waals surface area (Å²) in [6, 6.07) is 7.65. The third-order valence-electron chi connectivity index (χ3n) is 3.28. The van der Waals surface area contributed by atoms with Gasteiger partial charge in [0, 0.05) is 24.3 Å². The number of aryl methyl sites for hydroxylation is 2. The topological polar surface area (TPSA) is 48.0 Å². The maximum atomic E-state index is 12.5. The van der Waals surface area contributed by atoms with E-state index in [1.807, 2.05) is 35.9 Å². The molecule has 0 atom stereocenters. The van der Waals surface area contributed by atoms with Gasteiger partial charge in [-0.2, -0.15) is 0 Å². The number of furan rings is 1. The Balaban J connectivity index is 2.01. The molecule has 3 aromatic rings. The highest BCUT2D eigenvalue weighted by Gasteiger charge is 2.19. The van der Waals surface area contributed by atoms with Crippen LogP contribution in [0.4, 0.5) is 0 Å².